The van der Waals surface area contributed by atoms with Crippen LogP contribution >= 0.6 is 35.3 Å². The number of thioether (sulfide) groups is 1. The first kappa shape index (κ1) is 20.6. The zero-order valence-electron chi connectivity index (χ0n) is 16.0. The number of carbonyl (C=O) groups is 2. The third kappa shape index (κ3) is 4.12. The first-order chi connectivity index (χ1) is 14.5. The Hall–Kier alpha value is -2.68. The number of carbonyl (C=O) groups excluding carboxylic acids is 1. The first-order valence-electron chi connectivity index (χ1n) is 9.26. The fourth-order valence-corrected chi connectivity index (χ4v) is 5.38. The number of furan rings is 1. The van der Waals surface area contributed by atoms with Crippen LogP contribution in [0.15, 0.2) is 57.9 Å². The molecule has 0 radical (unpaired) electrons. The van der Waals surface area contributed by atoms with E-state index in [1.165, 1.54) is 33.7 Å². The molecule has 1 N–H and O–H groups in total. The number of thiophene rings is 1. The molecule has 1 aromatic carbocycles. The van der Waals surface area contributed by atoms with Gasteiger partial charge in [0.1, 0.15) is 11.5 Å². The monoisotopic (exact) mass is 455 g/mol. The van der Waals surface area contributed by atoms with Crippen LogP contribution in [0.3, 0.4) is 0 Å². The first-order valence-corrected chi connectivity index (χ1v) is 11.3. The Bertz CT molecular complexity index is 1160. The van der Waals surface area contributed by atoms with E-state index < -0.39 is 5.97 Å². The Kier molecular flexibility index (Phi) is 5.90. The molecule has 0 aliphatic carbocycles. The fraction of sp³-hybridized carbons (Fsp3) is 0.136. The number of hydrogen-bond acceptors (Lipinski definition) is 6. The molecule has 0 unspecified atom stereocenters. The van der Waals surface area contributed by atoms with Gasteiger partial charge in [0.05, 0.1) is 21.0 Å². The van der Waals surface area contributed by atoms with Gasteiger partial charge in [0, 0.05) is 11.0 Å². The third-order valence-electron chi connectivity index (χ3n) is 4.47. The second-order valence-electron chi connectivity index (χ2n) is 6.59. The van der Waals surface area contributed by atoms with E-state index in [1.54, 1.807) is 29.5 Å². The van der Waals surface area contributed by atoms with E-state index in [0.717, 1.165) is 23.5 Å². The SMILES string of the molecule is CCCc1ccc(-c2ccc(/C=C3/SC(=S)N(c4ccc(C(=O)O)cc4)C3=O)o2)s1. The predicted molar refractivity (Wildman–Crippen MR) is 125 cm³/mol. The van der Waals surface area contributed by atoms with Gasteiger partial charge in [0.2, 0.25) is 0 Å². The lowest BCUT2D eigenvalue weighted by molar-refractivity contribution is -0.113. The number of hydrogen-bond donors (Lipinski definition) is 1. The molecule has 4 rings (SSSR count). The largest absolute Gasteiger partial charge is 0.478 e. The zero-order valence-corrected chi connectivity index (χ0v) is 18.4. The smallest absolute Gasteiger partial charge is 0.335 e. The molecule has 8 heteroatoms. The van der Waals surface area contributed by atoms with Crippen molar-refractivity contribution in [2.75, 3.05) is 4.90 Å². The average Bonchev–Trinajstić information content (AvgIpc) is 3.43. The predicted octanol–water partition coefficient (Wildman–Crippen LogP) is 6.06. The summed E-state index contributed by atoms with van der Waals surface area (Å²) in [6.07, 6.45) is 3.84. The fourth-order valence-electron chi connectivity index (χ4n) is 3.03. The van der Waals surface area contributed by atoms with Crippen LogP contribution in [0, 0.1) is 0 Å². The molecule has 3 heterocycles. The van der Waals surface area contributed by atoms with Crippen molar-refractivity contribution >= 4 is 63.3 Å². The van der Waals surface area contributed by atoms with Crippen molar-refractivity contribution in [3.8, 4) is 10.6 Å². The molecule has 1 saturated heterocycles. The van der Waals surface area contributed by atoms with Crippen LogP contribution in [0.25, 0.3) is 16.7 Å². The van der Waals surface area contributed by atoms with Crippen LogP contribution in [0.2, 0.25) is 0 Å². The van der Waals surface area contributed by atoms with Crippen molar-refractivity contribution in [2.45, 2.75) is 19.8 Å². The molecular weight excluding hydrogens is 438 g/mol. The van der Waals surface area contributed by atoms with Gasteiger partial charge in [0.25, 0.3) is 5.91 Å². The van der Waals surface area contributed by atoms with Crippen molar-refractivity contribution in [1.29, 1.82) is 0 Å². The summed E-state index contributed by atoms with van der Waals surface area (Å²) in [6.45, 7) is 2.15. The average molecular weight is 456 g/mol. The van der Waals surface area contributed by atoms with Gasteiger partial charge in [-0.25, -0.2) is 4.79 Å². The second kappa shape index (κ2) is 8.59. The summed E-state index contributed by atoms with van der Waals surface area (Å²) in [5.41, 5.74) is 0.687. The van der Waals surface area contributed by atoms with Gasteiger partial charge in [0.15, 0.2) is 4.32 Å². The summed E-state index contributed by atoms with van der Waals surface area (Å²) in [7, 11) is 0. The van der Waals surface area contributed by atoms with Crippen molar-refractivity contribution in [3.63, 3.8) is 0 Å². The van der Waals surface area contributed by atoms with Gasteiger partial charge < -0.3 is 9.52 Å². The number of carboxylic acid groups (broad SMARTS) is 1. The molecule has 0 saturated carbocycles. The molecule has 1 aliphatic heterocycles. The lowest BCUT2D eigenvalue weighted by Crippen LogP contribution is -2.27. The van der Waals surface area contributed by atoms with Crippen molar-refractivity contribution in [1.82, 2.24) is 0 Å². The van der Waals surface area contributed by atoms with Gasteiger partial charge in [-0.05, 0) is 55.0 Å². The van der Waals surface area contributed by atoms with Gasteiger partial charge in [-0.1, -0.05) is 37.3 Å². The molecule has 0 bridgehead atoms. The van der Waals surface area contributed by atoms with Crippen LogP contribution in [-0.4, -0.2) is 21.3 Å². The number of carboxylic acids is 1. The molecule has 2 aromatic heterocycles. The highest BCUT2D eigenvalue weighted by Crippen LogP contribution is 2.37. The number of rotatable bonds is 6. The number of anilines is 1. The minimum atomic E-state index is -1.02. The zero-order chi connectivity index (χ0) is 21.3. The Morgan fingerprint density at radius 3 is 2.63 bits per heavy atom. The van der Waals surface area contributed by atoms with Crippen molar-refractivity contribution in [3.05, 3.63) is 69.6 Å². The molecule has 5 nitrogen and oxygen atoms in total. The molecule has 30 heavy (non-hydrogen) atoms. The van der Waals surface area contributed by atoms with E-state index in [9.17, 15) is 9.59 Å². The highest BCUT2D eigenvalue weighted by atomic mass is 32.2. The molecule has 152 valence electrons. The van der Waals surface area contributed by atoms with Gasteiger partial charge >= 0.3 is 5.97 Å². The lowest BCUT2D eigenvalue weighted by atomic mass is 10.2. The van der Waals surface area contributed by atoms with E-state index in [-0.39, 0.29) is 11.5 Å². The van der Waals surface area contributed by atoms with Crippen LogP contribution in [-0.2, 0) is 11.2 Å². The third-order valence-corrected chi connectivity index (χ3v) is 6.93. The number of aromatic carboxylic acids is 1. The maximum absolute atomic E-state index is 12.9. The minimum absolute atomic E-state index is 0.151. The van der Waals surface area contributed by atoms with Crippen molar-refractivity contribution in [2.24, 2.45) is 0 Å². The maximum Gasteiger partial charge on any atom is 0.335 e. The van der Waals surface area contributed by atoms with Gasteiger partial charge in [-0.15, -0.1) is 11.3 Å². The van der Waals surface area contributed by atoms with E-state index in [1.807, 2.05) is 12.1 Å². The maximum atomic E-state index is 12.9. The van der Waals surface area contributed by atoms with E-state index >= 15 is 0 Å². The van der Waals surface area contributed by atoms with Crippen LogP contribution in [0.1, 0.15) is 34.3 Å². The molecule has 1 amide bonds. The highest BCUT2D eigenvalue weighted by molar-refractivity contribution is 8.27. The summed E-state index contributed by atoms with van der Waals surface area (Å²) in [5.74, 6) is 0.0749. The van der Waals surface area contributed by atoms with Gasteiger partial charge in [-0.2, -0.15) is 0 Å². The van der Waals surface area contributed by atoms with Crippen LogP contribution < -0.4 is 4.90 Å². The van der Waals surface area contributed by atoms with E-state index in [2.05, 4.69) is 19.1 Å². The lowest BCUT2D eigenvalue weighted by Gasteiger charge is -2.14. The van der Waals surface area contributed by atoms with Crippen LogP contribution in [0.5, 0.6) is 0 Å². The second-order valence-corrected chi connectivity index (χ2v) is 9.43. The summed E-state index contributed by atoms with van der Waals surface area (Å²) >= 11 is 8.27. The number of benzene rings is 1. The Balaban J connectivity index is 1.54. The molecular formula is C22H17NO4S3. The van der Waals surface area contributed by atoms with Crippen molar-refractivity contribution < 1.29 is 19.1 Å². The molecule has 1 fully saturated rings. The standard InChI is InChI=1S/C22H17NO4S3/c1-2-3-16-9-11-18(29-16)17-10-8-15(27-17)12-19-20(24)23(22(28)30-19)14-6-4-13(5-7-14)21(25)26/h4-12H,2-3H2,1H3,(H,25,26)/b19-12+. The summed E-state index contributed by atoms with van der Waals surface area (Å²) < 4.78 is 6.32. The molecule has 0 atom stereocenters. The van der Waals surface area contributed by atoms with E-state index in [4.69, 9.17) is 21.7 Å². The Morgan fingerprint density at radius 2 is 1.93 bits per heavy atom. The van der Waals surface area contributed by atoms with Crippen LogP contribution in [0.4, 0.5) is 5.69 Å². The number of nitrogens with zero attached hydrogens (tertiary/aromatic N) is 1. The Labute approximate surface area is 187 Å². The molecule has 0 spiro atoms. The highest BCUT2D eigenvalue weighted by Gasteiger charge is 2.33. The van der Waals surface area contributed by atoms with E-state index in [0.29, 0.717) is 20.7 Å². The number of aryl methyl sites for hydroxylation is 1. The quantitative estimate of drug-likeness (QED) is 0.360. The molecule has 1 aliphatic rings. The minimum Gasteiger partial charge on any atom is -0.478 e. The number of thiocarbonyl (C=S) groups is 1. The topological polar surface area (TPSA) is 70.8 Å². The molecule has 3 aromatic rings. The summed E-state index contributed by atoms with van der Waals surface area (Å²) in [6, 6.07) is 14.0. The Morgan fingerprint density at radius 1 is 1.17 bits per heavy atom. The summed E-state index contributed by atoms with van der Waals surface area (Å²) in [4.78, 5) is 28.2. The normalized spacial score (nSPS) is 15.4. The number of amides is 1. The summed E-state index contributed by atoms with van der Waals surface area (Å²) in [5, 5.41) is 9.03. The van der Waals surface area contributed by atoms with Gasteiger partial charge in [-0.3, -0.25) is 9.69 Å².